The van der Waals surface area contributed by atoms with Crippen LogP contribution in [0.1, 0.15) is 24.0 Å². The lowest BCUT2D eigenvalue weighted by Crippen LogP contribution is -2.21. The van der Waals surface area contributed by atoms with E-state index in [1.807, 2.05) is 30.4 Å². The quantitative estimate of drug-likeness (QED) is 0.814. The Kier molecular flexibility index (Phi) is 4.00. The predicted octanol–water partition coefficient (Wildman–Crippen LogP) is 3.64. The number of carboxylic acid groups (broad SMARTS) is 1. The molecule has 98 valence electrons. The van der Waals surface area contributed by atoms with E-state index in [1.165, 1.54) is 5.56 Å². The van der Waals surface area contributed by atoms with E-state index in [9.17, 15) is 4.79 Å². The first-order valence-electron chi connectivity index (χ1n) is 6.45. The second kappa shape index (κ2) is 5.70. The summed E-state index contributed by atoms with van der Waals surface area (Å²) in [4.78, 5) is 10.6. The SMILES string of the molecule is C=CC1(c2cccc(CCC(=O)O)c2)C=CC=CC1. The van der Waals surface area contributed by atoms with Gasteiger partial charge in [-0.25, -0.2) is 0 Å². The molecule has 0 heterocycles. The van der Waals surface area contributed by atoms with E-state index in [-0.39, 0.29) is 11.8 Å². The molecule has 1 aliphatic carbocycles. The van der Waals surface area contributed by atoms with E-state index < -0.39 is 5.97 Å². The van der Waals surface area contributed by atoms with Crippen LogP contribution in [0.25, 0.3) is 0 Å². The van der Waals surface area contributed by atoms with Gasteiger partial charge in [0.25, 0.3) is 0 Å². The van der Waals surface area contributed by atoms with Gasteiger partial charge in [-0.15, -0.1) is 6.58 Å². The van der Waals surface area contributed by atoms with Crippen LogP contribution in [0.4, 0.5) is 0 Å². The van der Waals surface area contributed by atoms with Gasteiger partial charge in [-0.1, -0.05) is 54.6 Å². The summed E-state index contributed by atoms with van der Waals surface area (Å²) in [5, 5.41) is 8.75. The van der Waals surface area contributed by atoms with Crippen molar-refractivity contribution in [1.29, 1.82) is 0 Å². The first-order chi connectivity index (χ1) is 9.16. The van der Waals surface area contributed by atoms with Gasteiger partial charge in [0.15, 0.2) is 0 Å². The standard InChI is InChI=1S/C17H18O2/c1-2-17(11-4-3-5-12-17)15-8-6-7-14(13-15)9-10-16(18)19/h2-8,11,13H,1,9-10,12H2,(H,18,19). The van der Waals surface area contributed by atoms with E-state index in [0.717, 1.165) is 12.0 Å². The minimum atomic E-state index is -0.760. The molecule has 1 aromatic rings. The van der Waals surface area contributed by atoms with Gasteiger partial charge in [-0.05, 0) is 24.0 Å². The van der Waals surface area contributed by atoms with Gasteiger partial charge < -0.3 is 5.11 Å². The van der Waals surface area contributed by atoms with Crippen molar-refractivity contribution in [3.63, 3.8) is 0 Å². The summed E-state index contributed by atoms with van der Waals surface area (Å²) in [5.41, 5.74) is 2.07. The first-order valence-corrected chi connectivity index (χ1v) is 6.45. The number of hydrogen-bond acceptors (Lipinski definition) is 1. The number of rotatable bonds is 5. The molecule has 0 aromatic heterocycles. The van der Waals surface area contributed by atoms with Gasteiger partial charge in [-0.3, -0.25) is 4.79 Å². The van der Waals surface area contributed by atoms with Crippen LogP contribution >= 0.6 is 0 Å². The van der Waals surface area contributed by atoms with Crippen LogP contribution in [-0.4, -0.2) is 11.1 Å². The topological polar surface area (TPSA) is 37.3 Å². The maximum atomic E-state index is 10.6. The Hall–Kier alpha value is -2.09. The lowest BCUT2D eigenvalue weighted by Gasteiger charge is -2.28. The largest absolute Gasteiger partial charge is 0.481 e. The average Bonchev–Trinajstić information content (AvgIpc) is 2.46. The van der Waals surface area contributed by atoms with E-state index in [1.54, 1.807) is 0 Å². The van der Waals surface area contributed by atoms with Gasteiger partial charge in [0.1, 0.15) is 0 Å². The van der Waals surface area contributed by atoms with E-state index in [4.69, 9.17) is 5.11 Å². The van der Waals surface area contributed by atoms with Crippen LogP contribution in [0.3, 0.4) is 0 Å². The fraction of sp³-hybridized carbons (Fsp3) is 0.235. The minimum absolute atomic E-state index is 0.159. The number of benzene rings is 1. The highest BCUT2D eigenvalue weighted by Gasteiger charge is 2.25. The van der Waals surface area contributed by atoms with E-state index in [2.05, 4.69) is 30.9 Å². The molecule has 0 saturated carbocycles. The van der Waals surface area contributed by atoms with Crippen molar-refractivity contribution >= 4 is 5.97 Å². The molecule has 0 aliphatic heterocycles. The van der Waals surface area contributed by atoms with Crippen molar-refractivity contribution in [3.05, 3.63) is 72.4 Å². The van der Waals surface area contributed by atoms with Crippen LogP contribution in [0, 0.1) is 0 Å². The molecule has 0 saturated heterocycles. The number of hydrogen-bond donors (Lipinski definition) is 1. The molecule has 1 unspecified atom stereocenters. The second-order valence-electron chi connectivity index (χ2n) is 4.83. The van der Waals surface area contributed by atoms with Crippen molar-refractivity contribution in [2.75, 3.05) is 0 Å². The average molecular weight is 254 g/mol. The molecular formula is C17H18O2. The molecule has 1 N–H and O–H groups in total. The van der Waals surface area contributed by atoms with Gasteiger partial charge in [0, 0.05) is 11.8 Å². The third-order valence-electron chi connectivity index (χ3n) is 3.55. The molecule has 19 heavy (non-hydrogen) atoms. The Labute approximate surface area is 113 Å². The third kappa shape index (κ3) is 3.02. The zero-order valence-corrected chi connectivity index (χ0v) is 10.9. The number of allylic oxidation sites excluding steroid dienone is 5. The van der Waals surface area contributed by atoms with Crippen LogP contribution in [0.15, 0.2) is 61.2 Å². The van der Waals surface area contributed by atoms with Crippen molar-refractivity contribution in [3.8, 4) is 0 Å². The van der Waals surface area contributed by atoms with E-state index in [0.29, 0.717) is 6.42 Å². The molecule has 1 aromatic carbocycles. The number of carbonyl (C=O) groups is 1. The maximum absolute atomic E-state index is 10.6. The Morgan fingerprint density at radius 3 is 2.89 bits per heavy atom. The van der Waals surface area contributed by atoms with Gasteiger partial charge in [-0.2, -0.15) is 0 Å². The summed E-state index contributed by atoms with van der Waals surface area (Å²) in [6.07, 6.45) is 11.9. The zero-order valence-electron chi connectivity index (χ0n) is 10.9. The number of carboxylic acids is 1. The highest BCUT2D eigenvalue weighted by Crippen LogP contribution is 2.34. The molecular weight excluding hydrogens is 236 g/mol. The Balaban J connectivity index is 2.26. The molecule has 0 radical (unpaired) electrons. The Morgan fingerprint density at radius 1 is 1.42 bits per heavy atom. The lowest BCUT2D eigenvalue weighted by molar-refractivity contribution is -0.136. The molecule has 1 atom stereocenters. The van der Waals surface area contributed by atoms with Crippen molar-refractivity contribution in [2.24, 2.45) is 0 Å². The number of aryl methyl sites for hydroxylation is 1. The fourth-order valence-electron chi connectivity index (χ4n) is 2.39. The highest BCUT2D eigenvalue weighted by molar-refractivity contribution is 5.67. The number of aliphatic carboxylic acids is 1. The molecule has 0 bridgehead atoms. The summed E-state index contributed by atoms with van der Waals surface area (Å²) < 4.78 is 0. The summed E-state index contributed by atoms with van der Waals surface area (Å²) in [7, 11) is 0. The van der Waals surface area contributed by atoms with Crippen molar-refractivity contribution < 1.29 is 9.90 Å². The summed E-state index contributed by atoms with van der Waals surface area (Å²) in [5.74, 6) is -0.760. The smallest absolute Gasteiger partial charge is 0.303 e. The first kappa shape index (κ1) is 13.3. The fourth-order valence-corrected chi connectivity index (χ4v) is 2.39. The van der Waals surface area contributed by atoms with Crippen LogP contribution < -0.4 is 0 Å². The normalized spacial score (nSPS) is 21.3. The molecule has 0 spiro atoms. The van der Waals surface area contributed by atoms with Gasteiger partial charge in [0.2, 0.25) is 0 Å². The van der Waals surface area contributed by atoms with Crippen LogP contribution in [-0.2, 0) is 16.6 Å². The molecule has 0 fully saturated rings. The molecule has 0 amide bonds. The summed E-state index contributed by atoms with van der Waals surface area (Å²) >= 11 is 0. The zero-order chi connectivity index (χ0) is 13.7. The summed E-state index contributed by atoms with van der Waals surface area (Å²) in [6, 6.07) is 8.14. The van der Waals surface area contributed by atoms with Gasteiger partial charge >= 0.3 is 5.97 Å². The van der Waals surface area contributed by atoms with Gasteiger partial charge in [0.05, 0.1) is 0 Å². The minimum Gasteiger partial charge on any atom is -0.481 e. The predicted molar refractivity (Wildman–Crippen MR) is 77.2 cm³/mol. The third-order valence-corrected chi connectivity index (χ3v) is 3.55. The molecule has 1 aliphatic rings. The van der Waals surface area contributed by atoms with Crippen LogP contribution in [0.5, 0.6) is 0 Å². The van der Waals surface area contributed by atoms with Crippen molar-refractivity contribution in [1.82, 2.24) is 0 Å². The Morgan fingerprint density at radius 2 is 2.26 bits per heavy atom. The lowest BCUT2D eigenvalue weighted by atomic mass is 9.75. The molecule has 2 rings (SSSR count). The Bertz CT molecular complexity index is 540. The highest BCUT2D eigenvalue weighted by atomic mass is 16.4. The molecule has 2 heteroatoms. The van der Waals surface area contributed by atoms with E-state index >= 15 is 0 Å². The maximum Gasteiger partial charge on any atom is 0.303 e. The van der Waals surface area contributed by atoms with Crippen molar-refractivity contribution in [2.45, 2.75) is 24.7 Å². The monoisotopic (exact) mass is 254 g/mol. The summed E-state index contributed by atoms with van der Waals surface area (Å²) in [6.45, 7) is 3.96. The molecule has 2 nitrogen and oxygen atoms in total. The van der Waals surface area contributed by atoms with Crippen LogP contribution in [0.2, 0.25) is 0 Å². The second-order valence-corrected chi connectivity index (χ2v) is 4.83.